The summed E-state index contributed by atoms with van der Waals surface area (Å²) in [5.74, 6) is -0.534. The Balaban J connectivity index is 1.94. The van der Waals surface area contributed by atoms with Crippen LogP contribution in [-0.4, -0.2) is 18.0 Å². The van der Waals surface area contributed by atoms with Gasteiger partial charge in [0.05, 0.1) is 16.1 Å². The summed E-state index contributed by atoms with van der Waals surface area (Å²) in [7, 11) is 0. The van der Waals surface area contributed by atoms with Crippen molar-refractivity contribution in [1.82, 2.24) is 5.32 Å². The highest BCUT2D eigenvalue weighted by molar-refractivity contribution is 6.35. The average molecular weight is 359 g/mol. The lowest BCUT2D eigenvalue weighted by atomic mass is 9.98. The average Bonchev–Trinajstić information content (AvgIpc) is 3.33. The van der Waals surface area contributed by atoms with Crippen LogP contribution < -0.4 is 10.6 Å². The summed E-state index contributed by atoms with van der Waals surface area (Å²) in [5.41, 5.74) is -0.232. The molecule has 0 heterocycles. The van der Waals surface area contributed by atoms with Gasteiger partial charge < -0.3 is 10.6 Å². The quantitative estimate of drug-likeness (QED) is 0.767. The number of benzene rings is 1. The first kappa shape index (κ1) is 18.0. The van der Waals surface area contributed by atoms with Crippen LogP contribution in [0.25, 0.3) is 0 Å². The van der Waals surface area contributed by atoms with E-state index in [2.05, 4.69) is 11.4 Å². The van der Waals surface area contributed by atoms with E-state index in [9.17, 15) is 14.4 Å². The van der Waals surface area contributed by atoms with Gasteiger partial charge in [0.15, 0.2) is 6.54 Å². The van der Waals surface area contributed by atoms with Gasteiger partial charge in [0.2, 0.25) is 0 Å². The Labute approximate surface area is 145 Å². The van der Waals surface area contributed by atoms with Crippen LogP contribution in [0.3, 0.4) is 0 Å². The van der Waals surface area contributed by atoms with Crippen LogP contribution in [0.4, 0.5) is 4.39 Å². The van der Waals surface area contributed by atoms with E-state index in [1.54, 1.807) is 12.2 Å². The first-order valence-electron chi connectivity index (χ1n) is 7.47. The van der Waals surface area contributed by atoms with Crippen LogP contribution in [0, 0.1) is 23.1 Å². The Bertz CT molecular complexity index is 657. The molecule has 23 heavy (non-hydrogen) atoms. The number of hydrogen-bond acceptors (Lipinski definition) is 2. The van der Waals surface area contributed by atoms with Crippen molar-refractivity contribution in [3.63, 3.8) is 0 Å². The van der Waals surface area contributed by atoms with E-state index in [0.29, 0.717) is 10.6 Å². The molecule has 1 aromatic carbocycles. The third-order valence-corrected chi connectivity index (χ3v) is 4.83. The maximum absolute atomic E-state index is 13.6. The molecule has 1 aliphatic carbocycles. The minimum Gasteiger partial charge on any atom is -0.333 e. The number of nitriles is 1. The van der Waals surface area contributed by atoms with Crippen LogP contribution >= 0.6 is 23.2 Å². The van der Waals surface area contributed by atoms with E-state index in [1.165, 1.54) is 12.1 Å². The predicted molar refractivity (Wildman–Crippen MR) is 86.5 cm³/mol. The number of nitrogens with two attached hydrogens (primary N) is 1. The Kier molecular flexibility index (Phi) is 5.51. The van der Waals surface area contributed by atoms with Crippen molar-refractivity contribution >= 4 is 29.1 Å². The van der Waals surface area contributed by atoms with Crippen LogP contribution in [0.2, 0.25) is 10.0 Å². The van der Waals surface area contributed by atoms with E-state index in [-0.39, 0.29) is 29.4 Å². The van der Waals surface area contributed by atoms with Crippen LogP contribution in [-0.2, 0) is 4.79 Å². The van der Waals surface area contributed by atoms with Gasteiger partial charge in [-0.2, -0.15) is 5.26 Å². The highest BCUT2D eigenvalue weighted by atomic mass is 35.5. The Hall–Kier alpha value is -1.35. The van der Waals surface area contributed by atoms with Gasteiger partial charge in [-0.15, -0.1) is 0 Å². The third-order valence-electron chi connectivity index (χ3n) is 4.21. The monoisotopic (exact) mass is 358 g/mol. The molecule has 2 rings (SSSR count). The van der Waals surface area contributed by atoms with Crippen molar-refractivity contribution < 1.29 is 14.5 Å². The maximum Gasteiger partial charge on any atom is 0.276 e. The van der Waals surface area contributed by atoms with Gasteiger partial charge in [0.25, 0.3) is 5.91 Å². The molecular formula is C16H19Cl2FN3O+. The van der Waals surface area contributed by atoms with Crippen molar-refractivity contribution in [3.05, 3.63) is 33.6 Å². The molecule has 1 saturated carbocycles. The third kappa shape index (κ3) is 4.35. The smallest absolute Gasteiger partial charge is 0.276 e. The standard InChI is InChI=1S/C16H18Cl2FN3O/c1-9(11-5-14(19)13(18)6-12(11)17)21-7-15(23)22-16(2,8-20)10-3-4-10/h5-6,9-10,21H,3-4,7H2,1-2H3,(H,22,23)/p+1/t9-,16-/m0/s1. The summed E-state index contributed by atoms with van der Waals surface area (Å²) in [6.07, 6.45) is 1.92. The van der Waals surface area contributed by atoms with Gasteiger partial charge in [-0.3, -0.25) is 4.79 Å². The van der Waals surface area contributed by atoms with Gasteiger partial charge >= 0.3 is 0 Å². The summed E-state index contributed by atoms with van der Waals surface area (Å²) >= 11 is 11.8. The highest BCUT2D eigenvalue weighted by Gasteiger charge is 2.43. The van der Waals surface area contributed by atoms with Crippen molar-refractivity contribution in [2.75, 3.05) is 6.54 Å². The number of halogens is 3. The maximum atomic E-state index is 13.6. The lowest BCUT2D eigenvalue weighted by Gasteiger charge is -2.22. The topological polar surface area (TPSA) is 69.5 Å². The Morgan fingerprint density at radius 1 is 1.52 bits per heavy atom. The largest absolute Gasteiger partial charge is 0.333 e. The van der Waals surface area contributed by atoms with Crippen LogP contribution in [0.1, 0.15) is 38.3 Å². The van der Waals surface area contributed by atoms with Crippen molar-refractivity contribution in [1.29, 1.82) is 5.26 Å². The van der Waals surface area contributed by atoms with Gasteiger partial charge in [-0.25, -0.2) is 4.39 Å². The molecule has 3 N–H and O–H groups in total. The molecule has 1 amide bonds. The Morgan fingerprint density at radius 3 is 2.74 bits per heavy atom. The summed E-state index contributed by atoms with van der Waals surface area (Å²) in [6.45, 7) is 3.70. The molecule has 2 atom stereocenters. The van der Waals surface area contributed by atoms with Crippen molar-refractivity contribution in [2.45, 2.75) is 38.3 Å². The van der Waals surface area contributed by atoms with Crippen molar-refractivity contribution in [2.24, 2.45) is 5.92 Å². The number of rotatable bonds is 6. The summed E-state index contributed by atoms with van der Waals surface area (Å²) in [6, 6.07) is 4.61. The highest BCUT2D eigenvalue weighted by Crippen LogP contribution is 2.39. The first-order valence-corrected chi connectivity index (χ1v) is 8.22. The molecule has 0 spiro atoms. The second kappa shape index (κ2) is 7.04. The number of carbonyl (C=O) groups is 1. The zero-order valence-corrected chi connectivity index (χ0v) is 14.5. The summed E-state index contributed by atoms with van der Waals surface area (Å²) in [4.78, 5) is 12.1. The second-order valence-corrected chi connectivity index (χ2v) is 6.97. The molecule has 4 nitrogen and oxygen atoms in total. The SMILES string of the molecule is C[C@H]([NH2+]CC(=O)N[C@@](C)(C#N)C1CC1)c1cc(F)c(Cl)cc1Cl. The predicted octanol–water partition coefficient (Wildman–Crippen LogP) is 2.57. The van der Waals surface area contributed by atoms with Crippen LogP contribution in [0.15, 0.2) is 12.1 Å². The molecule has 1 aliphatic rings. The number of quaternary nitrogens is 1. The lowest BCUT2D eigenvalue weighted by molar-refractivity contribution is -0.682. The summed E-state index contributed by atoms with van der Waals surface area (Å²) < 4.78 is 13.6. The molecule has 0 bridgehead atoms. The van der Waals surface area contributed by atoms with Gasteiger partial charge in [-0.1, -0.05) is 23.2 Å². The molecular weight excluding hydrogens is 340 g/mol. The van der Waals surface area contributed by atoms with Crippen LogP contribution in [0.5, 0.6) is 0 Å². The fraction of sp³-hybridized carbons (Fsp3) is 0.500. The number of nitrogens with one attached hydrogen (secondary N) is 1. The minimum absolute atomic E-state index is 0.0297. The lowest BCUT2D eigenvalue weighted by Crippen LogP contribution is -2.87. The molecule has 0 unspecified atom stereocenters. The van der Waals surface area contributed by atoms with E-state index in [1.807, 2.05) is 6.92 Å². The molecule has 124 valence electrons. The molecule has 0 saturated heterocycles. The van der Waals surface area contributed by atoms with E-state index in [4.69, 9.17) is 23.2 Å². The minimum atomic E-state index is -0.807. The molecule has 0 aliphatic heterocycles. The van der Waals surface area contributed by atoms with Gasteiger partial charge in [0.1, 0.15) is 17.4 Å². The zero-order valence-electron chi connectivity index (χ0n) is 13.0. The number of carbonyl (C=O) groups excluding carboxylic acids is 1. The molecule has 1 aromatic rings. The molecule has 7 heteroatoms. The Morgan fingerprint density at radius 2 is 2.17 bits per heavy atom. The second-order valence-electron chi connectivity index (χ2n) is 6.15. The fourth-order valence-corrected chi connectivity index (χ4v) is 3.08. The van der Waals surface area contributed by atoms with E-state index >= 15 is 0 Å². The molecule has 0 aromatic heterocycles. The number of nitrogens with zero attached hydrogens (tertiary/aromatic N) is 1. The number of amides is 1. The normalized spacial score (nSPS) is 17.9. The van der Waals surface area contributed by atoms with E-state index in [0.717, 1.165) is 12.8 Å². The fourth-order valence-electron chi connectivity index (χ4n) is 2.52. The van der Waals surface area contributed by atoms with Crippen molar-refractivity contribution in [3.8, 4) is 6.07 Å². The first-order chi connectivity index (χ1) is 10.8. The zero-order chi connectivity index (χ0) is 17.2. The van der Waals surface area contributed by atoms with Gasteiger partial charge in [0, 0.05) is 5.56 Å². The van der Waals surface area contributed by atoms with E-state index < -0.39 is 11.4 Å². The molecule has 1 fully saturated rings. The van der Waals surface area contributed by atoms with Gasteiger partial charge in [-0.05, 0) is 44.7 Å². The number of hydrogen-bond donors (Lipinski definition) is 2. The molecule has 0 radical (unpaired) electrons. The summed E-state index contributed by atoms with van der Waals surface area (Å²) in [5, 5.41) is 14.1.